The molecule has 6 heteroatoms. The van der Waals surface area contributed by atoms with E-state index in [0.717, 1.165) is 19.4 Å². The zero-order valence-electron chi connectivity index (χ0n) is 11.5. The summed E-state index contributed by atoms with van der Waals surface area (Å²) in [5.74, 6) is 0.776. The summed E-state index contributed by atoms with van der Waals surface area (Å²) in [4.78, 5) is 14.3. The Bertz CT molecular complexity index is 358. The smallest absolute Gasteiger partial charge is 0.323 e. The third-order valence-corrected chi connectivity index (χ3v) is 2.49. The number of hydrogen-bond acceptors (Lipinski definition) is 6. The molecule has 102 valence electrons. The fraction of sp³-hybridized carbons (Fsp3) is 0.750. The lowest BCUT2D eigenvalue weighted by Crippen LogP contribution is -2.22. The molecule has 0 radical (unpaired) electrons. The van der Waals surface area contributed by atoms with E-state index in [-0.39, 0.29) is 5.95 Å². The first-order valence-corrected chi connectivity index (χ1v) is 6.52. The van der Waals surface area contributed by atoms with E-state index in [4.69, 9.17) is 10.5 Å². The van der Waals surface area contributed by atoms with E-state index in [2.05, 4.69) is 21.9 Å². The summed E-state index contributed by atoms with van der Waals surface area (Å²) in [6.45, 7) is 5.70. The van der Waals surface area contributed by atoms with Crippen LogP contribution in [0.2, 0.25) is 0 Å². The summed E-state index contributed by atoms with van der Waals surface area (Å²) in [5.41, 5.74) is 5.65. The number of nitrogen functional groups attached to an aromatic ring is 1. The van der Waals surface area contributed by atoms with Gasteiger partial charge in [-0.1, -0.05) is 26.7 Å². The summed E-state index contributed by atoms with van der Waals surface area (Å²) in [5, 5.41) is 0. The molecule has 0 aromatic carbocycles. The second-order valence-electron chi connectivity index (χ2n) is 4.25. The highest BCUT2D eigenvalue weighted by Gasteiger charge is 2.09. The highest BCUT2D eigenvalue weighted by Crippen LogP contribution is 2.13. The lowest BCUT2D eigenvalue weighted by atomic mass is 10.2. The Morgan fingerprint density at radius 3 is 2.56 bits per heavy atom. The molecule has 18 heavy (non-hydrogen) atoms. The zero-order chi connectivity index (χ0) is 13.4. The maximum atomic E-state index is 5.65. The molecule has 2 N–H and O–H groups in total. The van der Waals surface area contributed by atoms with Gasteiger partial charge >= 0.3 is 6.01 Å². The minimum absolute atomic E-state index is 0.202. The second-order valence-corrected chi connectivity index (χ2v) is 4.25. The molecule has 0 aliphatic carbocycles. The normalized spacial score (nSPS) is 10.4. The number of nitrogens with two attached hydrogens (primary N) is 1. The number of anilines is 2. The quantitative estimate of drug-likeness (QED) is 0.713. The molecule has 0 fully saturated rings. The highest BCUT2D eigenvalue weighted by atomic mass is 16.5. The van der Waals surface area contributed by atoms with Crippen molar-refractivity contribution in [3.8, 4) is 6.01 Å². The third-order valence-electron chi connectivity index (χ3n) is 2.49. The first-order chi connectivity index (χ1) is 8.67. The van der Waals surface area contributed by atoms with Gasteiger partial charge in [0, 0.05) is 13.6 Å². The van der Waals surface area contributed by atoms with Crippen molar-refractivity contribution in [2.24, 2.45) is 0 Å². The molecule has 0 amide bonds. The van der Waals surface area contributed by atoms with Gasteiger partial charge in [0.1, 0.15) is 0 Å². The van der Waals surface area contributed by atoms with Crippen LogP contribution in [0.5, 0.6) is 6.01 Å². The molecule has 0 spiro atoms. The Labute approximate surface area is 109 Å². The largest absolute Gasteiger partial charge is 0.463 e. The number of ether oxygens (including phenoxy) is 1. The number of nitrogens with zero attached hydrogens (tertiary/aromatic N) is 4. The SMILES string of the molecule is CCCCCN(C)c1nc(N)nc(OCCC)n1. The maximum Gasteiger partial charge on any atom is 0.323 e. The molecule has 0 aliphatic heterocycles. The molecule has 1 rings (SSSR count). The van der Waals surface area contributed by atoms with Gasteiger partial charge in [0.05, 0.1) is 6.61 Å². The van der Waals surface area contributed by atoms with Crippen LogP contribution < -0.4 is 15.4 Å². The van der Waals surface area contributed by atoms with Crippen LogP contribution in [-0.4, -0.2) is 35.2 Å². The standard InChI is InChI=1S/C12H23N5O/c1-4-6-7-8-17(3)11-14-10(13)15-12(16-11)18-9-5-2/h4-9H2,1-3H3,(H2,13,14,15,16). The average Bonchev–Trinajstić information content (AvgIpc) is 2.36. The van der Waals surface area contributed by atoms with Crippen LogP contribution in [0.25, 0.3) is 0 Å². The Morgan fingerprint density at radius 2 is 1.89 bits per heavy atom. The zero-order valence-corrected chi connectivity index (χ0v) is 11.5. The number of hydrogen-bond donors (Lipinski definition) is 1. The van der Waals surface area contributed by atoms with Crippen molar-refractivity contribution in [1.29, 1.82) is 0 Å². The summed E-state index contributed by atoms with van der Waals surface area (Å²) in [7, 11) is 1.95. The lowest BCUT2D eigenvalue weighted by molar-refractivity contribution is 0.292. The van der Waals surface area contributed by atoms with Crippen LogP contribution in [0.4, 0.5) is 11.9 Å². The average molecular weight is 253 g/mol. The summed E-state index contributed by atoms with van der Waals surface area (Å²) in [6.07, 6.45) is 4.42. The summed E-state index contributed by atoms with van der Waals surface area (Å²) >= 11 is 0. The van der Waals surface area contributed by atoms with Crippen molar-refractivity contribution in [2.75, 3.05) is 30.8 Å². The van der Waals surface area contributed by atoms with E-state index in [1.807, 2.05) is 18.9 Å². The summed E-state index contributed by atoms with van der Waals surface area (Å²) in [6, 6.07) is 0.307. The fourth-order valence-corrected chi connectivity index (χ4v) is 1.49. The van der Waals surface area contributed by atoms with Gasteiger partial charge in [0.2, 0.25) is 11.9 Å². The minimum atomic E-state index is 0.202. The van der Waals surface area contributed by atoms with Gasteiger partial charge in [0.15, 0.2) is 0 Å². The number of aromatic nitrogens is 3. The fourth-order valence-electron chi connectivity index (χ4n) is 1.49. The van der Waals surface area contributed by atoms with E-state index in [1.165, 1.54) is 12.8 Å². The molecule has 6 nitrogen and oxygen atoms in total. The molecular weight excluding hydrogens is 230 g/mol. The van der Waals surface area contributed by atoms with Crippen LogP contribution in [-0.2, 0) is 0 Å². The van der Waals surface area contributed by atoms with Crippen LogP contribution >= 0.6 is 0 Å². The number of rotatable bonds is 8. The number of unbranched alkanes of at least 4 members (excludes halogenated alkanes) is 2. The topological polar surface area (TPSA) is 77.2 Å². The first-order valence-electron chi connectivity index (χ1n) is 6.52. The van der Waals surface area contributed by atoms with Crippen molar-refractivity contribution >= 4 is 11.9 Å². The predicted octanol–water partition coefficient (Wildman–Crippen LogP) is 1.87. The van der Waals surface area contributed by atoms with Gasteiger partial charge < -0.3 is 15.4 Å². The minimum Gasteiger partial charge on any atom is -0.463 e. The van der Waals surface area contributed by atoms with E-state index in [0.29, 0.717) is 18.6 Å². The van der Waals surface area contributed by atoms with Gasteiger partial charge in [-0.25, -0.2) is 0 Å². The van der Waals surface area contributed by atoms with Crippen LogP contribution in [0, 0.1) is 0 Å². The Kier molecular flexibility index (Phi) is 6.18. The Balaban J connectivity index is 2.65. The van der Waals surface area contributed by atoms with Gasteiger partial charge in [0.25, 0.3) is 0 Å². The molecule has 1 heterocycles. The molecule has 0 atom stereocenters. The van der Waals surface area contributed by atoms with Crippen molar-refractivity contribution in [3.63, 3.8) is 0 Å². The van der Waals surface area contributed by atoms with Crippen LogP contribution in [0.3, 0.4) is 0 Å². The second kappa shape index (κ2) is 7.68. The maximum absolute atomic E-state index is 5.65. The van der Waals surface area contributed by atoms with Gasteiger partial charge in [-0.15, -0.1) is 0 Å². The van der Waals surface area contributed by atoms with E-state index < -0.39 is 0 Å². The molecule has 0 saturated carbocycles. The van der Waals surface area contributed by atoms with Gasteiger partial charge in [-0.2, -0.15) is 15.0 Å². The molecular formula is C12H23N5O. The Hall–Kier alpha value is -1.59. The highest BCUT2D eigenvalue weighted by molar-refractivity contribution is 5.34. The van der Waals surface area contributed by atoms with Crippen molar-refractivity contribution in [1.82, 2.24) is 15.0 Å². The predicted molar refractivity (Wildman–Crippen MR) is 72.8 cm³/mol. The molecule has 0 saturated heterocycles. The van der Waals surface area contributed by atoms with Crippen molar-refractivity contribution in [2.45, 2.75) is 39.5 Å². The van der Waals surface area contributed by atoms with Crippen molar-refractivity contribution < 1.29 is 4.74 Å². The monoisotopic (exact) mass is 253 g/mol. The summed E-state index contributed by atoms with van der Waals surface area (Å²) < 4.78 is 5.38. The molecule has 1 aromatic heterocycles. The van der Waals surface area contributed by atoms with Gasteiger partial charge in [-0.3, -0.25) is 0 Å². The molecule has 0 aliphatic rings. The first kappa shape index (κ1) is 14.5. The lowest BCUT2D eigenvalue weighted by Gasteiger charge is -2.17. The Morgan fingerprint density at radius 1 is 1.11 bits per heavy atom. The van der Waals surface area contributed by atoms with Crippen LogP contribution in [0.1, 0.15) is 39.5 Å². The molecule has 1 aromatic rings. The van der Waals surface area contributed by atoms with Crippen molar-refractivity contribution in [3.05, 3.63) is 0 Å². The van der Waals surface area contributed by atoms with Crippen LogP contribution in [0.15, 0.2) is 0 Å². The van der Waals surface area contributed by atoms with E-state index in [1.54, 1.807) is 0 Å². The molecule has 0 bridgehead atoms. The third kappa shape index (κ3) is 4.73. The van der Waals surface area contributed by atoms with E-state index >= 15 is 0 Å². The van der Waals surface area contributed by atoms with Gasteiger partial charge in [-0.05, 0) is 12.8 Å². The molecule has 0 unspecified atom stereocenters. The van der Waals surface area contributed by atoms with E-state index in [9.17, 15) is 0 Å².